The molecule has 3 heteroatoms. The normalized spacial score (nSPS) is 15.9. The van der Waals surface area contributed by atoms with Crippen LogP contribution in [-0.4, -0.2) is 30.6 Å². The van der Waals surface area contributed by atoms with Gasteiger partial charge < -0.3 is 4.74 Å². The second-order valence-corrected chi connectivity index (χ2v) is 6.45. The summed E-state index contributed by atoms with van der Waals surface area (Å²) in [6, 6.07) is 8.56. The van der Waals surface area contributed by atoms with E-state index in [9.17, 15) is 4.79 Å². The lowest BCUT2D eigenvalue weighted by Crippen LogP contribution is -2.35. The monoisotopic (exact) mass is 289 g/mol. The van der Waals surface area contributed by atoms with Crippen LogP contribution in [-0.2, 0) is 11.3 Å². The molecule has 0 saturated heterocycles. The van der Waals surface area contributed by atoms with Crippen molar-refractivity contribution >= 4 is 5.97 Å². The maximum atomic E-state index is 11.5. The van der Waals surface area contributed by atoms with Gasteiger partial charge in [-0.25, -0.2) is 4.79 Å². The third kappa shape index (κ3) is 4.57. The van der Waals surface area contributed by atoms with E-state index in [-0.39, 0.29) is 5.97 Å². The molecule has 0 radical (unpaired) electrons. The number of benzene rings is 1. The summed E-state index contributed by atoms with van der Waals surface area (Å²) in [5.74, 6) is 0.413. The first kappa shape index (κ1) is 16.0. The SMILES string of the molecule is COC(=O)c1ccc(CN(CC(C)C)C2CCCC2)cc1. The smallest absolute Gasteiger partial charge is 0.337 e. The van der Waals surface area contributed by atoms with Crippen molar-refractivity contribution in [1.29, 1.82) is 0 Å². The lowest BCUT2D eigenvalue weighted by Gasteiger charge is -2.30. The minimum absolute atomic E-state index is 0.267. The molecule has 0 atom stereocenters. The molecule has 0 spiro atoms. The second-order valence-electron chi connectivity index (χ2n) is 6.45. The van der Waals surface area contributed by atoms with Crippen LogP contribution in [0.5, 0.6) is 0 Å². The lowest BCUT2D eigenvalue weighted by molar-refractivity contribution is 0.0600. The summed E-state index contributed by atoms with van der Waals surface area (Å²) < 4.78 is 4.74. The van der Waals surface area contributed by atoms with Crippen LogP contribution < -0.4 is 0 Å². The molecule has 116 valence electrons. The first-order chi connectivity index (χ1) is 10.1. The van der Waals surface area contributed by atoms with Crippen molar-refractivity contribution in [2.75, 3.05) is 13.7 Å². The van der Waals surface area contributed by atoms with Gasteiger partial charge in [-0.3, -0.25) is 4.90 Å². The number of carbonyl (C=O) groups is 1. The molecular weight excluding hydrogens is 262 g/mol. The Bertz CT molecular complexity index is 447. The minimum Gasteiger partial charge on any atom is -0.465 e. The molecule has 0 aliphatic heterocycles. The highest BCUT2D eigenvalue weighted by atomic mass is 16.5. The highest BCUT2D eigenvalue weighted by Gasteiger charge is 2.23. The minimum atomic E-state index is -0.267. The van der Waals surface area contributed by atoms with Gasteiger partial charge in [-0.2, -0.15) is 0 Å². The summed E-state index contributed by atoms with van der Waals surface area (Å²) >= 11 is 0. The lowest BCUT2D eigenvalue weighted by atomic mass is 10.1. The summed E-state index contributed by atoms with van der Waals surface area (Å²) in [6.07, 6.45) is 5.38. The van der Waals surface area contributed by atoms with Gasteiger partial charge in [0, 0.05) is 19.1 Å². The number of nitrogens with zero attached hydrogens (tertiary/aromatic N) is 1. The van der Waals surface area contributed by atoms with Crippen LogP contribution in [0.4, 0.5) is 0 Å². The van der Waals surface area contributed by atoms with Crippen LogP contribution in [0.2, 0.25) is 0 Å². The van der Waals surface area contributed by atoms with Crippen LogP contribution in [0.3, 0.4) is 0 Å². The molecule has 1 saturated carbocycles. The summed E-state index contributed by atoms with van der Waals surface area (Å²) in [5, 5.41) is 0. The van der Waals surface area contributed by atoms with E-state index in [0.717, 1.165) is 19.1 Å². The number of ether oxygens (including phenoxy) is 1. The number of hydrogen-bond donors (Lipinski definition) is 0. The van der Waals surface area contributed by atoms with Crippen molar-refractivity contribution in [3.63, 3.8) is 0 Å². The zero-order chi connectivity index (χ0) is 15.2. The molecule has 2 rings (SSSR count). The van der Waals surface area contributed by atoms with Gasteiger partial charge in [0.15, 0.2) is 0 Å². The fourth-order valence-corrected chi connectivity index (χ4v) is 3.18. The van der Waals surface area contributed by atoms with Crippen molar-refractivity contribution in [2.24, 2.45) is 5.92 Å². The Balaban J connectivity index is 2.03. The molecule has 0 N–H and O–H groups in total. The fourth-order valence-electron chi connectivity index (χ4n) is 3.18. The molecule has 3 nitrogen and oxygen atoms in total. The van der Waals surface area contributed by atoms with E-state index in [1.165, 1.54) is 38.4 Å². The van der Waals surface area contributed by atoms with Gasteiger partial charge in [0.2, 0.25) is 0 Å². The van der Waals surface area contributed by atoms with Gasteiger partial charge in [-0.05, 0) is 36.5 Å². The Hall–Kier alpha value is -1.35. The second kappa shape index (κ2) is 7.60. The molecule has 0 aromatic heterocycles. The number of carbonyl (C=O) groups excluding carboxylic acids is 1. The molecule has 1 aliphatic carbocycles. The van der Waals surface area contributed by atoms with Crippen molar-refractivity contribution in [3.8, 4) is 0 Å². The van der Waals surface area contributed by atoms with Gasteiger partial charge >= 0.3 is 5.97 Å². The van der Waals surface area contributed by atoms with Crippen molar-refractivity contribution in [1.82, 2.24) is 4.90 Å². The molecule has 1 aromatic carbocycles. The Labute approximate surface area is 128 Å². The van der Waals surface area contributed by atoms with Crippen molar-refractivity contribution < 1.29 is 9.53 Å². The number of esters is 1. The maximum Gasteiger partial charge on any atom is 0.337 e. The maximum absolute atomic E-state index is 11.5. The highest BCUT2D eigenvalue weighted by Crippen LogP contribution is 2.25. The van der Waals surface area contributed by atoms with Crippen LogP contribution >= 0.6 is 0 Å². The fraction of sp³-hybridized carbons (Fsp3) is 0.611. The summed E-state index contributed by atoms with van der Waals surface area (Å²) in [7, 11) is 1.42. The van der Waals surface area contributed by atoms with E-state index in [2.05, 4.69) is 30.9 Å². The Morgan fingerprint density at radius 1 is 1.24 bits per heavy atom. The highest BCUT2D eigenvalue weighted by molar-refractivity contribution is 5.89. The van der Waals surface area contributed by atoms with E-state index in [1.807, 2.05) is 12.1 Å². The third-order valence-corrected chi connectivity index (χ3v) is 4.20. The van der Waals surface area contributed by atoms with Gasteiger partial charge in [0.1, 0.15) is 0 Å². The molecule has 21 heavy (non-hydrogen) atoms. The van der Waals surface area contributed by atoms with Crippen LogP contribution in [0.1, 0.15) is 55.5 Å². The van der Waals surface area contributed by atoms with E-state index < -0.39 is 0 Å². The van der Waals surface area contributed by atoms with Gasteiger partial charge in [0.25, 0.3) is 0 Å². The average molecular weight is 289 g/mol. The molecule has 0 unspecified atom stereocenters. The van der Waals surface area contributed by atoms with E-state index in [1.54, 1.807) is 0 Å². The van der Waals surface area contributed by atoms with Crippen LogP contribution in [0.25, 0.3) is 0 Å². The summed E-state index contributed by atoms with van der Waals surface area (Å²) in [6.45, 7) is 6.68. The Morgan fingerprint density at radius 3 is 2.38 bits per heavy atom. The standard InChI is InChI=1S/C18H27NO2/c1-14(2)12-19(17-6-4-5-7-17)13-15-8-10-16(11-9-15)18(20)21-3/h8-11,14,17H,4-7,12-13H2,1-3H3. The predicted molar refractivity (Wildman–Crippen MR) is 85.3 cm³/mol. The zero-order valence-electron chi connectivity index (χ0n) is 13.5. The van der Waals surface area contributed by atoms with Gasteiger partial charge in [-0.1, -0.05) is 38.8 Å². The number of methoxy groups -OCH3 is 1. The van der Waals surface area contributed by atoms with Crippen LogP contribution in [0.15, 0.2) is 24.3 Å². The largest absolute Gasteiger partial charge is 0.465 e. The molecule has 1 aliphatic rings. The van der Waals surface area contributed by atoms with E-state index >= 15 is 0 Å². The Kier molecular flexibility index (Phi) is 5.80. The molecule has 0 heterocycles. The quantitative estimate of drug-likeness (QED) is 0.744. The zero-order valence-corrected chi connectivity index (χ0v) is 13.5. The average Bonchev–Trinajstić information content (AvgIpc) is 3.00. The third-order valence-electron chi connectivity index (χ3n) is 4.20. The first-order valence-electron chi connectivity index (χ1n) is 8.01. The topological polar surface area (TPSA) is 29.5 Å². The van der Waals surface area contributed by atoms with Crippen LogP contribution in [0, 0.1) is 5.92 Å². The predicted octanol–water partition coefficient (Wildman–Crippen LogP) is 3.87. The Morgan fingerprint density at radius 2 is 1.86 bits per heavy atom. The van der Waals surface area contributed by atoms with Crippen molar-refractivity contribution in [2.45, 2.75) is 52.1 Å². The summed E-state index contributed by atoms with van der Waals surface area (Å²) in [5.41, 5.74) is 1.90. The van der Waals surface area contributed by atoms with E-state index in [0.29, 0.717) is 11.5 Å². The van der Waals surface area contributed by atoms with Crippen molar-refractivity contribution in [3.05, 3.63) is 35.4 Å². The van der Waals surface area contributed by atoms with E-state index in [4.69, 9.17) is 4.74 Å². The van der Waals surface area contributed by atoms with Gasteiger partial charge in [-0.15, -0.1) is 0 Å². The molecular formula is C18H27NO2. The molecule has 0 bridgehead atoms. The number of hydrogen-bond acceptors (Lipinski definition) is 3. The number of rotatable bonds is 6. The molecule has 0 amide bonds. The van der Waals surface area contributed by atoms with Gasteiger partial charge in [0.05, 0.1) is 12.7 Å². The first-order valence-corrected chi connectivity index (χ1v) is 8.01. The molecule has 1 fully saturated rings. The molecule has 1 aromatic rings. The summed E-state index contributed by atoms with van der Waals surface area (Å²) in [4.78, 5) is 14.1.